The van der Waals surface area contributed by atoms with Crippen LogP contribution >= 0.6 is 0 Å². The van der Waals surface area contributed by atoms with Gasteiger partial charge in [0, 0.05) is 20.0 Å². The first-order valence-corrected chi connectivity index (χ1v) is 6.93. The zero-order valence-corrected chi connectivity index (χ0v) is 10.5. The third-order valence-electron chi connectivity index (χ3n) is 2.07. The Balaban J connectivity index is 4.19. The standard InChI is InChI=1S/C10H15N3O3S/c1-13(7-4-6-12)10(14)9-17(15,16)8-3-2-5-11/h2-4,7-9H2,1H3. The minimum Gasteiger partial charge on any atom is -0.344 e. The van der Waals surface area contributed by atoms with E-state index in [1.165, 1.54) is 11.9 Å². The molecule has 0 saturated heterocycles. The summed E-state index contributed by atoms with van der Waals surface area (Å²) in [6.45, 7) is 0.225. The summed E-state index contributed by atoms with van der Waals surface area (Å²) in [6, 6.07) is 3.73. The maximum Gasteiger partial charge on any atom is 0.237 e. The number of nitriles is 2. The van der Waals surface area contributed by atoms with Gasteiger partial charge in [0.05, 0.1) is 24.3 Å². The molecule has 0 heterocycles. The van der Waals surface area contributed by atoms with Gasteiger partial charge in [-0.2, -0.15) is 10.5 Å². The van der Waals surface area contributed by atoms with Crippen molar-refractivity contribution in [3.8, 4) is 12.1 Å². The molecular weight excluding hydrogens is 242 g/mol. The molecule has 0 N–H and O–H groups in total. The minimum atomic E-state index is -3.45. The highest BCUT2D eigenvalue weighted by Gasteiger charge is 2.18. The van der Waals surface area contributed by atoms with Gasteiger partial charge in [-0.25, -0.2) is 8.42 Å². The van der Waals surface area contributed by atoms with E-state index >= 15 is 0 Å². The molecule has 0 aromatic rings. The fraction of sp³-hybridized carbons (Fsp3) is 0.700. The summed E-state index contributed by atoms with van der Waals surface area (Å²) in [5, 5.41) is 16.6. The SMILES string of the molecule is CN(CCC#N)C(=O)CS(=O)(=O)CCCC#N. The number of hydrogen-bond acceptors (Lipinski definition) is 5. The Morgan fingerprint density at radius 3 is 2.35 bits per heavy atom. The van der Waals surface area contributed by atoms with Gasteiger partial charge >= 0.3 is 0 Å². The van der Waals surface area contributed by atoms with Crippen LogP contribution in [0.3, 0.4) is 0 Å². The number of rotatable bonds is 7. The van der Waals surface area contributed by atoms with Crippen molar-refractivity contribution in [1.29, 1.82) is 10.5 Å². The normalized spacial score (nSPS) is 10.3. The molecule has 0 fully saturated rings. The second-order valence-corrected chi connectivity index (χ2v) is 5.76. The molecule has 0 aromatic heterocycles. The van der Waals surface area contributed by atoms with Crippen molar-refractivity contribution in [3.05, 3.63) is 0 Å². The summed E-state index contributed by atoms with van der Waals surface area (Å²) in [5.74, 6) is -1.23. The number of nitrogens with zero attached hydrogens (tertiary/aromatic N) is 3. The molecule has 0 atom stereocenters. The maximum atomic E-state index is 11.5. The van der Waals surface area contributed by atoms with Crippen LogP contribution < -0.4 is 0 Å². The Morgan fingerprint density at radius 1 is 1.24 bits per heavy atom. The summed E-state index contributed by atoms with van der Waals surface area (Å²) in [7, 11) is -1.99. The minimum absolute atomic E-state index is 0.154. The lowest BCUT2D eigenvalue weighted by Gasteiger charge is -2.15. The molecule has 0 aliphatic carbocycles. The molecule has 0 aliphatic heterocycles. The summed E-state index contributed by atoms with van der Waals surface area (Å²) < 4.78 is 22.9. The van der Waals surface area contributed by atoms with E-state index in [1.54, 1.807) is 0 Å². The summed E-state index contributed by atoms with van der Waals surface area (Å²) in [6.07, 6.45) is 0.586. The van der Waals surface area contributed by atoms with Gasteiger partial charge < -0.3 is 4.90 Å². The molecular formula is C10H15N3O3S. The van der Waals surface area contributed by atoms with Crippen LogP contribution in [0.1, 0.15) is 19.3 Å². The van der Waals surface area contributed by atoms with Crippen LogP contribution in [0.15, 0.2) is 0 Å². The van der Waals surface area contributed by atoms with E-state index in [0.717, 1.165) is 0 Å². The molecule has 0 spiro atoms. The van der Waals surface area contributed by atoms with Crippen molar-refractivity contribution in [1.82, 2.24) is 4.90 Å². The van der Waals surface area contributed by atoms with Gasteiger partial charge in [0.15, 0.2) is 9.84 Å². The van der Waals surface area contributed by atoms with E-state index in [1.807, 2.05) is 12.1 Å². The van der Waals surface area contributed by atoms with Crippen LogP contribution in [0.25, 0.3) is 0 Å². The molecule has 0 unspecified atom stereocenters. The first-order valence-electron chi connectivity index (χ1n) is 5.11. The third-order valence-corrected chi connectivity index (χ3v) is 3.67. The van der Waals surface area contributed by atoms with Crippen molar-refractivity contribution >= 4 is 15.7 Å². The number of carbonyl (C=O) groups excluding carboxylic acids is 1. The van der Waals surface area contributed by atoms with E-state index in [4.69, 9.17) is 10.5 Å². The van der Waals surface area contributed by atoms with Gasteiger partial charge in [0.1, 0.15) is 5.75 Å². The zero-order chi connectivity index (χ0) is 13.3. The highest BCUT2D eigenvalue weighted by atomic mass is 32.2. The second-order valence-electron chi connectivity index (χ2n) is 3.58. The molecule has 7 heteroatoms. The Labute approximate surface area is 101 Å². The molecule has 1 amide bonds. The Bertz CT molecular complexity index is 431. The van der Waals surface area contributed by atoms with Gasteiger partial charge in [-0.1, -0.05) is 0 Å². The zero-order valence-electron chi connectivity index (χ0n) is 9.72. The molecule has 17 heavy (non-hydrogen) atoms. The molecule has 0 aromatic carbocycles. The predicted octanol–water partition coefficient (Wildman–Crippen LogP) is 0.0771. The second kappa shape index (κ2) is 7.64. The predicted molar refractivity (Wildman–Crippen MR) is 61.4 cm³/mol. The van der Waals surface area contributed by atoms with Gasteiger partial charge in [0.25, 0.3) is 0 Å². The van der Waals surface area contributed by atoms with E-state index in [2.05, 4.69) is 0 Å². The van der Waals surface area contributed by atoms with E-state index in [-0.39, 0.29) is 31.6 Å². The average molecular weight is 257 g/mol. The smallest absolute Gasteiger partial charge is 0.237 e. The van der Waals surface area contributed by atoms with Crippen molar-refractivity contribution < 1.29 is 13.2 Å². The van der Waals surface area contributed by atoms with E-state index in [9.17, 15) is 13.2 Å². The summed E-state index contributed by atoms with van der Waals surface area (Å²) in [4.78, 5) is 12.7. The van der Waals surface area contributed by atoms with Crippen LogP contribution in [0, 0.1) is 22.7 Å². The fourth-order valence-electron chi connectivity index (χ4n) is 1.08. The van der Waals surface area contributed by atoms with Gasteiger partial charge in [-0.05, 0) is 6.42 Å². The summed E-state index contributed by atoms with van der Waals surface area (Å²) >= 11 is 0. The van der Waals surface area contributed by atoms with Gasteiger partial charge in [-0.15, -0.1) is 0 Å². The average Bonchev–Trinajstić information content (AvgIpc) is 2.25. The maximum absolute atomic E-state index is 11.5. The van der Waals surface area contributed by atoms with Crippen LogP contribution in [-0.2, 0) is 14.6 Å². The molecule has 0 saturated carbocycles. The molecule has 94 valence electrons. The number of carbonyl (C=O) groups is 1. The van der Waals surface area contributed by atoms with Crippen LogP contribution in [-0.4, -0.2) is 44.3 Å². The van der Waals surface area contributed by atoms with Crippen molar-refractivity contribution in [2.75, 3.05) is 25.1 Å². The monoisotopic (exact) mass is 257 g/mol. The molecule has 0 aliphatic rings. The first-order chi connectivity index (χ1) is 7.93. The van der Waals surface area contributed by atoms with Gasteiger partial charge in [-0.3, -0.25) is 4.79 Å². The lowest BCUT2D eigenvalue weighted by atomic mass is 10.4. The lowest BCUT2D eigenvalue weighted by molar-refractivity contribution is -0.127. The number of unbranched alkanes of at least 4 members (excludes halogenated alkanes) is 1. The Kier molecular flexibility index (Phi) is 6.92. The number of amides is 1. The highest BCUT2D eigenvalue weighted by Crippen LogP contribution is 1.99. The first kappa shape index (κ1) is 15.4. The van der Waals surface area contributed by atoms with Crippen molar-refractivity contribution in [2.45, 2.75) is 19.3 Å². The molecule has 0 radical (unpaired) electrons. The van der Waals surface area contributed by atoms with Crippen LogP contribution in [0.5, 0.6) is 0 Å². The molecule has 0 rings (SSSR count). The van der Waals surface area contributed by atoms with Crippen LogP contribution in [0.4, 0.5) is 0 Å². The number of sulfone groups is 1. The van der Waals surface area contributed by atoms with E-state index < -0.39 is 21.5 Å². The highest BCUT2D eigenvalue weighted by molar-refractivity contribution is 7.92. The topological polar surface area (TPSA) is 102 Å². The number of hydrogen-bond donors (Lipinski definition) is 0. The Hall–Kier alpha value is -1.60. The molecule has 0 bridgehead atoms. The van der Waals surface area contributed by atoms with Crippen molar-refractivity contribution in [3.63, 3.8) is 0 Å². The summed E-state index contributed by atoms with van der Waals surface area (Å²) in [5.41, 5.74) is 0. The third kappa shape index (κ3) is 7.31. The largest absolute Gasteiger partial charge is 0.344 e. The fourth-order valence-corrected chi connectivity index (χ4v) is 2.41. The Morgan fingerprint density at radius 2 is 1.82 bits per heavy atom. The van der Waals surface area contributed by atoms with Crippen LogP contribution in [0.2, 0.25) is 0 Å². The van der Waals surface area contributed by atoms with Crippen molar-refractivity contribution in [2.24, 2.45) is 0 Å². The lowest BCUT2D eigenvalue weighted by Crippen LogP contribution is -2.33. The molecule has 6 nitrogen and oxygen atoms in total. The quantitative estimate of drug-likeness (QED) is 0.601. The van der Waals surface area contributed by atoms with Gasteiger partial charge in [0.2, 0.25) is 5.91 Å². The van der Waals surface area contributed by atoms with E-state index in [0.29, 0.717) is 0 Å².